The molecule has 0 radical (unpaired) electrons. The predicted octanol–water partition coefficient (Wildman–Crippen LogP) is 4.90. The minimum atomic E-state index is -0.221. The molecule has 0 unspecified atom stereocenters. The number of benzene rings is 2. The van der Waals surface area contributed by atoms with E-state index in [4.69, 9.17) is 4.42 Å². The molecule has 29 heavy (non-hydrogen) atoms. The van der Waals surface area contributed by atoms with Crippen LogP contribution in [0.15, 0.2) is 64.4 Å². The van der Waals surface area contributed by atoms with E-state index in [-0.39, 0.29) is 11.9 Å². The van der Waals surface area contributed by atoms with Gasteiger partial charge in [0.05, 0.1) is 6.04 Å². The summed E-state index contributed by atoms with van der Waals surface area (Å²) in [6.07, 6.45) is 2.46. The van der Waals surface area contributed by atoms with E-state index >= 15 is 0 Å². The van der Waals surface area contributed by atoms with E-state index in [1.165, 1.54) is 23.7 Å². The fourth-order valence-corrected chi connectivity index (χ4v) is 4.02. The predicted molar refractivity (Wildman–Crippen MR) is 114 cm³/mol. The molecule has 1 atom stereocenters. The number of hydrogen-bond donors (Lipinski definition) is 2. The first-order valence-corrected chi connectivity index (χ1v) is 10.5. The van der Waals surface area contributed by atoms with E-state index in [9.17, 15) is 4.79 Å². The van der Waals surface area contributed by atoms with Crippen LogP contribution in [-0.4, -0.2) is 21.1 Å². The fraction of sp³-hybridized carbons (Fsp3) is 0.227. The topological polar surface area (TPSA) is 83.8 Å². The molecular formula is C22H22N4O2S. The highest BCUT2D eigenvalue weighted by Gasteiger charge is 2.22. The number of carbonyl (C=O) groups excluding carboxylic acids is 1. The van der Waals surface area contributed by atoms with Gasteiger partial charge in [-0.1, -0.05) is 61.2 Å². The van der Waals surface area contributed by atoms with Gasteiger partial charge in [-0.25, -0.2) is 4.98 Å². The molecule has 0 fully saturated rings. The second-order valence-corrected chi connectivity index (χ2v) is 7.74. The van der Waals surface area contributed by atoms with E-state index in [0.29, 0.717) is 22.3 Å². The first-order chi connectivity index (χ1) is 14.2. The van der Waals surface area contributed by atoms with Gasteiger partial charge in [-0.05, 0) is 30.5 Å². The smallest absolute Gasteiger partial charge is 0.287 e. The third-order valence-corrected chi connectivity index (χ3v) is 5.79. The summed E-state index contributed by atoms with van der Waals surface area (Å²) >= 11 is 1.48. The second-order valence-electron chi connectivity index (χ2n) is 6.78. The molecule has 0 aliphatic carbocycles. The van der Waals surface area contributed by atoms with Crippen LogP contribution in [0.3, 0.4) is 0 Å². The first-order valence-electron chi connectivity index (χ1n) is 9.54. The van der Waals surface area contributed by atoms with Crippen LogP contribution in [0.25, 0.3) is 11.0 Å². The van der Waals surface area contributed by atoms with Crippen LogP contribution in [-0.2, 0) is 12.2 Å². The van der Waals surface area contributed by atoms with Crippen LogP contribution in [0.5, 0.6) is 0 Å². The van der Waals surface area contributed by atoms with Gasteiger partial charge in [-0.15, -0.1) is 0 Å². The number of nitrogens with one attached hydrogen (secondary N) is 2. The summed E-state index contributed by atoms with van der Waals surface area (Å²) in [5, 5.41) is 11.4. The zero-order chi connectivity index (χ0) is 20.2. The lowest BCUT2D eigenvalue weighted by Crippen LogP contribution is -2.27. The molecule has 4 aromatic rings. The van der Waals surface area contributed by atoms with Crippen molar-refractivity contribution in [1.29, 1.82) is 0 Å². The highest BCUT2D eigenvalue weighted by molar-refractivity contribution is 7.98. The third-order valence-electron chi connectivity index (χ3n) is 4.89. The summed E-state index contributed by atoms with van der Waals surface area (Å²) in [6.45, 7) is 4.10. The molecule has 6 nitrogen and oxygen atoms in total. The van der Waals surface area contributed by atoms with Crippen LogP contribution < -0.4 is 5.32 Å². The Balaban J connectivity index is 1.58. The number of furan rings is 1. The van der Waals surface area contributed by atoms with E-state index in [2.05, 4.69) is 51.7 Å². The van der Waals surface area contributed by atoms with Crippen LogP contribution >= 0.6 is 11.8 Å². The molecule has 4 rings (SSSR count). The summed E-state index contributed by atoms with van der Waals surface area (Å²) in [7, 11) is 0. The van der Waals surface area contributed by atoms with Gasteiger partial charge in [0.15, 0.2) is 10.9 Å². The summed E-state index contributed by atoms with van der Waals surface area (Å²) < 4.78 is 5.93. The summed E-state index contributed by atoms with van der Waals surface area (Å²) in [5.41, 5.74) is 3.89. The Morgan fingerprint density at radius 3 is 2.72 bits per heavy atom. The Kier molecular flexibility index (Phi) is 5.67. The lowest BCUT2D eigenvalue weighted by Gasteiger charge is -2.14. The SMILES string of the molecule is CCc1ccc([C@H](C)NC(=O)c2oc3ccccc3c2CSc2ncn[nH]2)cc1. The molecule has 0 spiro atoms. The average Bonchev–Trinajstić information content (AvgIpc) is 3.40. The normalized spacial score (nSPS) is 12.2. The van der Waals surface area contributed by atoms with Crippen molar-refractivity contribution in [2.45, 2.75) is 37.2 Å². The molecule has 2 aromatic carbocycles. The quantitative estimate of drug-likeness (QED) is 0.427. The van der Waals surface area contributed by atoms with Crippen molar-refractivity contribution < 1.29 is 9.21 Å². The van der Waals surface area contributed by atoms with Crippen molar-refractivity contribution in [2.24, 2.45) is 0 Å². The van der Waals surface area contributed by atoms with E-state index in [0.717, 1.165) is 22.9 Å². The number of aryl methyl sites for hydroxylation is 1. The van der Waals surface area contributed by atoms with Crippen LogP contribution in [0.2, 0.25) is 0 Å². The molecule has 0 bridgehead atoms. The minimum absolute atomic E-state index is 0.128. The maximum atomic E-state index is 13.1. The van der Waals surface area contributed by atoms with Crippen LogP contribution in [0.4, 0.5) is 0 Å². The van der Waals surface area contributed by atoms with Crippen molar-refractivity contribution in [1.82, 2.24) is 20.5 Å². The van der Waals surface area contributed by atoms with Gasteiger partial charge in [-0.2, -0.15) is 5.10 Å². The number of H-pyrrole nitrogens is 1. The largest absolute Gasteiger partial charge is 0.451 e. The van der Waals surface area contributed by atoms with E-state index in [1.807, 2.05) is 31.2 Å². The molecule has 7 heteroatoms. The Morgan fingerprint density at radius 2 is 2.00 bits per heavy atom. The maximum absolute atomic E-state index is 13.1. The number of rotatable bonds is 7. The monoisotopic (exact) mass is 406 g/mol. The highest BCUT2D eigenvalue weighted by atomic mass is 32.2. The van der Waals surface area contributed by atoms with Gasteiger partial charge >= 0.3 is 0 Å². The van der Waals surface area contributed by atoms with E-state index < -0.39 is 0 Å². The van der Waals surface area contributed by atoms with E-state index in [1.54, 1.807) is 0 Å². The molecule has 0 aliphatic rings. The number of nitrogens with zero attached hydrogens (tertiary/aromatic N) is 2. The molecule has 2 aromatic heterocycles. The number of hydrogen-bond acceptors (Lipinski definition) is 5. The lowest BCUT2D eigenvalue weighted by molar-refractivity contribution is 0.0913. The number of carbonyl (C=O) groups is 1. The van der Waals surface area contributed by atoms with Gasteiger partial charge in [0.1, 0.15) is 11.9 Å². The van der Waals surface area contributed by atoms with Crippen molar-refractivity contribution in [3.05, 3.63) is 77.3 Å². The highest BCUT2D eigenvalue weighted by Crippen LogP contribution is 2.31. The molecule has 0 saturated heterocycles. The van der Waals surface area contributed by atoms with Crippen molar-refractivity contribution >= 4 is 28.6 Å². The molecule has 1 amide bonds. The Morgan fingerprint density at radius 1 is 1.21 bits per heavy atom. The minimum Gasteiger partial charge on any atom is -0.451 e. The Bertz CT molecular complexity index is 1100. The van der Waals surface area contributed by atoms with Crippen molar-refractivity contribution in [3.63, 3.8) is 0 Å². The number of aromatic nitrogens is 3. The molecule has 0 aliphatic heterocycles. The third kappa shape index (κ3) is 4.19. The van der Waals surface area contributed by atoms with Crippen LogP contribution in [0.1, 0.15) is 47.1 Å². The van der Waals surface area contributed by atoms with Crippen molar-refractivity contribution in [3.8, 4) is 0 Å². The van der Waals surface area contributed by atoms with Gasteiger partial charge in [-0.3, -0.25) is 9.89 Å². The Hall–Kier alpha value is -3.06. The molecular weight excluding hydrogens is 384 g/mol. The van der Waals surface area contributed by atoms with Crippen LogP contribution in [0, 0.1) is 0 Å². The lowest BCUT2D eigenvalue weighted by atomic mass is 10.0. The van der Waals surface area contributed by atoms with Gasteiger partial charge in [0.25, 0.3) is 5.91 Å². The fourth-order valence-electron chi connectivity index (χ4n) is 3.22. The standard InChI is InChI=1S/C22H22N4O2S/c1-3-15-8-10-16(11-9-15)14(2)25-21(27)20-18(12-29-22-23-13-24-26-22)17-6-4-5-7-19(17)28-20/h4-11,13-14H,3,12H2,1-2H3,(H,25,27)(H,23,24,26)/t14-/m0/s1. The summed E-state index contributed by atoms with van der Waals surface area (Å²) in [4.78, 5) is 17.2. The number of aromatic amines is 1. The second kappa shape index (κ2) is 8.53. The molecule has 2 N–H and O–H groups in total. The van der Waals surface area contributed by atoms with Gasteiger partial charge < -0.3 is 9.73 Å². The number of fused-ring (bicyclic) bond motifs is 1. The average molecular weight is 407 g/mol. The number of amides is 1. The Labute approximate surface area is 173 Å². The molecule has 0 saturated carbocycles. The zero-order valence-corrected chi connectivity index (χ0v) is 17.1. The maximum Gasteiger partial charge on any atom is 0.287 e. The number of para-hydroxylation sites is 1. The molecule has 148 valence electrons. The first kappa shape index (κ1) is 19.3. The van der Waals surface area contributed by atoms with Gasteiger partial charge in [0.2, 0.25) is 0 Å². The molecule has 2 heterocycles. The summed E-state index contributed by atoms with van der Waals surface area (Å²) in [5.74, 6) is 0.672. The van der Waals surface area contributed by atoms with Crippen molar-refractivity contribution in [2.75, 3.05) is 0 Å². The zero-order valence-electron chi connectivity index (χ0n) is 16.3. The number of thioether (sulfide) groups is 1. The van der Waals surface area contributed by atoms with Gasteiger partial charge in [0, 0.05) is 16.7 Å². The summed E-state index contributed by atoms with van der Waals surface area (Å²) in [6, 6.07) is 15.9.